The maximum Gasteiger partial charge on any atom is 0.338 e. The van der Waals surface area contributed by atoms with Gasteiger partial charge in [0.1, 0.15) is 30.0 Å². The number of benzene rings is 3. The monoisotopic (exact) mass is 1010 g/mol. The van der Waals surface area contributed by atoms with Crippen LogP contribution in [0.25, 0.3) is 0 Å². The average Bonchev–Trinajstić information content (AvgIpc) is 3.35. The minimum atomic E-state index is -2.53. The Kier molecular flexibility index (Phi) is 16.0. The Labute approximate surface area is 420 Å². The number of hydroxylamine groups is 1. The summed E-state index contributed by atoms with van der Waals surface area (Å²) in [7, 11) is 0. The molecule has 1 unspecified atom stereocenters. The van der Waals surface area contributed by atoms with Gasteiger partial charge in [-0.15, -0.1) is 0 Å². The molecule has 1 saturated heterocycles. The SMILES string of the molecule is CC(=O)O[C@H]1C(=O)[C@@]2(C)C([C@H](OC(=O)c3ccccc3)[C@]3(O)C[C@H](OC(=O)[C@H](O)[C@@H](NC(=O)c4ccccc4)c4ccccc4)C(C)=C1C3(C)C)[C@]1(OC(C)=O)CO[C@@H]1C[C@@H]2OC(=O)CCC(=O)NOCCO. The summed E-state index contributed by atoms with van der Waals surface area (Å²) in [6.07, 6.45) is -12.4. The van der Waals surface area contributed by atoms with Crippen LogP contribution in [0.2, 0.25) is 0 Å². The van der Waals surface area contributed by atoms with Crippen molar-refractivity contribution in [2.24, 2.45) is 16.7 Å². The second kappa shape index (κ2) is 21.7. The van der Waals surface area contributed by atoms with Crippen LogP contribution in [0.1, 0.15) is 99.5 Å². The summed E-state index contributed by atoms with van der Waals surface area (Å²) in [6.45, 7) is 6.98. The van der Waals surface area contributed by atoms with Crippen LogP contribution in [0.5, 0.6) is 0 Å². The van der Waals surface area contributed by atoms with Crippen LogP contribution in [-0.2, 0) is 62.0 Å². The lowest BCUT2D eigenvalue weighted by Crippen LogP contribution is -2.82. The molecule has 1 heterocycles. The lowest BCUT2D eigenvalue weighted by molar-refractivity contribution is -0.346. The number of rotatable bonds is 17. The van der Waals surface area contributed by atoms with E-state index >= 15 is 4.79 Å². The van der Waals surface area contributed by atoms with Crippen molar-refractivity contribution in [3.05, 3.63) is 119 Å². The molecule has 20 heteroatoms. The van der Waals surface area contributed by atoms with Crippen molar-refractivity contribution in [1.82, 2.24) is 10.8 Å². The van der Waals surface area contributed by atoms with E-state index < -0.39 is 151 Å². The first-order valence-electron chi connectivity index (χ1n) is 23.8. The number of amides is 2. The largest absolute Gasteiger partial charge is 0.461 e. The fourth-order valence-corrected chi connectivity index (χ4v) is 11.0. The first kappa shape index (κ1) is 53.9. The number of hydrogen-bond acceptors (Lipinski definition) is 18. The number of aliphatic hydroxyl groups is 3. The summed E-state index contributed by atoms with van der Waals surface area (Å²) >= 11 is 0. The molecule has 7 rings (SSSR count). The number of carbonyl (C=O) groups is 8. The Balaban J connectivity index is 1.39. The van der Waals surface area contributed by atoms with Gasteiger partial charge in [-0.2, -0.15) is 0 Å². The summed E-state index contributed by atoms with van der Waals surface area (Å²) in [6, 6.07) is 22.5. The number of hydrogen-bond donors (Lipinski definition) is 5. The van der Waals surface area contributed by atoms with Gasteiger partial charge in [0.15, 0.2) is 23.6 Å². The predicted octanol–water partition coefficient (Wildman–Crippen LogP) is 3.11. The molecule has 2 amide bonds. The first-order valence-corrected chi connectivity index (χ1v) is 23.8. The van der Waals surface area contributed by atoms with E-state index in [0.717, 1.165) is 13.8 Å². The topological polar surface area (TPSA) is 286 Å². The molecule has 3 aromatic carbocycles. The van der Waals surface area contributed by atoms with Crippen molar-refractivity contribution in [3.63, 3.8) is 0 Å². The van der Waals surface area contributed by atoms with E-state index in [4.69, 9.17) is 38.4 Å². The molecule has 5 N–H and O–H groups in total. The van der Waals surface area contributed by atoms with E-state index in [1.54, 1.807) is 78.9 Å². The van der Waals surface area contributed by atoms with Gasteiger partial charge in [-0.05, 0) is 54.8 Å². The molecule has 4 aliphatic rings. The predicted molar refractivity (Wildman–Crippen MR) is 252 cm³/mol. The van der Waals surface area contributed by atoms with Gasteiger partial charge < -0.3 is 49.1 Å². The summed E-state index contributed by atoms with van der Waals surface area (Å²) < 4.78 is 36.9. The Morgan fingerprint density at radius 3 is 2.00 bits per heavy atom. The highest BCUT2D eigenvalue weighted by Crippen LogP contribution is 2.65. The zero-order chi connectivity index (χ0) is 53.0. The number of aliphatic hydroxyl groups excluding tert-OH is 2. The van der Waals surface area contributed by atoms with Crippen molar-refractivity contribution in [2.45, 2.75) is 121 Å². The molecule has 3 aliphatic carbocycles. The third-order valence-corrected chi connectivity index (χ3v) is 14.7. The Morgan fingerprint density at radius 2 is 1.42 bits per heavy atom. The lowest BCUT2D eigenvalue weighted by Gasteiger charge is -2.67. The molecule has 1 aliphatic heterocycles. The molecule has 3 aromatic rings. The molecule has 0 aromatic heterocycles. The smallest absolute Gasteiger partial charge is 0.338 e. The molecule has 2 saturated carbocycles. The number of fused-ring (bicyclic) bond motifs is 5. The van der Waals surface area contributed by atoms with E-state index in [1.807, 2.05) is 0 Å². The van der Waals surface area contributed by atoms with Crippen LogP contribution < -0.4 is 10.8 Å². The fourth-order valence-electron chi connectivity index (χ4n) is 11.0. The second-order valence-electron chi connectivity index (χ2n) is 19.4. The Morgan fingerprint density at radius 1 is 0.808 bits per heavy atom. The van der Waals surface area contributed by atoms with Crippen LogP contribution in [0.15, 0.2) is 102 Å². The number of ether oxygens (including phenoxy) is 6. The van der Waals surface area contributed by atoms with E-state index in [0.29, 0.717) is 5.56 Å². The van der Waals surface area contributed by atoms with Gasteiger partial charge in [0, 0.05) is 44.1 Å². The zero-order valence-electron chi connectivity index (χ0n) is 41.2. The van der Waals surface area contributed by atoms with Gasteiger partial charge in [0.2, 0.25) is 5.91 Å². The molecular formula is C53H60N2O18. The number of esters is 5. The van der Waals surface area contributed by atoms with Gasteiger partial charge in [0.25, 0.3) is 5.91 Å². The first-order chi connectivity index (χ1) is 34.6. The van der Waals surface area contributed by atoms with Crippen molar-refractivity contribution in [2.75, 3.05) is 19.8 Å². The lowest BCUT2D eigenvalue weighted by atomic mass is 9.44. The van der Waals surface area contributed by atoms with Gasteiger partial charge in [-0.3, -0.25) is 33.6 Å². The average molecular weight is 1010 g/mol. The zero-order valence-corrected chi connectivity index (χ0v) is 41.2. The maximum absolute atomic E-state index is 16.1. The van der Waals surface area contributed by atoms with Crippen molar-refractivity contribution >= 4 is 47.4 Å². The molecule has 73 heavy (non-hydrogen) atoms. The van der Waals surface area contributed by atoms with E-state index in [-0.39, 0.29) is 35.3 Å². The molecule has 0 spiro atoms. The highest BCUT2D eigenvalue weighted by atomic mass is 16.7. The van der Waals surface area contributed by atoms with Crippen LogP contribution in [-0.4, -0.2) is 130 Å². The quantitative estimate of drug-likeness (QED) is 0.0427. The van der Waals surface area contributed by atoms with Crippen LogP contribution in [0.4, 0.5) is 0 Å². The third kappa shape index (κ3) is 10.4. The number of Topliss-reactive ketones (excluding diaryl/α,β-unsaturated/α-hetero) is 1. The molecular weight excluding hydrogens is 953 g/mol. The fraction of sp³-hybridized carbons (Fsp3) is 0.472. The van der Waals surface area contributed by atoms with Crippen LogP contribution in [0, 0.1) is 16.7 Å². The molecule has 3 fully saturated rings. The highest BCUT2D eigenvalue weighted by Gasteiger charge is 2.79. The number of ketones is 1. The van der Waals surface area contributed by atoms with Crippen LogP contribution in [0.3, 0.4) is 0 Å². The van der Waals surface area contributed by atoms with Crippen LogP contribution >= 0.6 is 0 Å². The van der Waals surface area contributed by atoms with Gasteiger partial charge >= 0.3 is 29.8 Å². The van der Waals surface area contributed by atoms with E-state index in [9.17, 15) is 43.8 Å². The van der Waals surface area contributed by atoms with E-state index in [1.165, 1.54) is 39.8 Å². The summed E-state index contributed by atoms with van der Waals surface area (Å²) in [5, 5.41) is 37.6. The van der Waals surface area contributed by atoms with Gasteiger partial charge in [0.05, 0.1) is 49.2 Å². The van der Waals surface area contributed by atoms with Gasteiger partial charge in [-0.25, -0.2) is 15.1 Å². The van der Waals surface area contributed by atoms with Crippen molar-refractivity contribution < 1.29 is 86.9 Å². The standard InChI is InChI=1S/C53H60N2O18/c1-29-35(70-49(65)42(61)41(32-16-10-7-11-17-32)54-47(63)33-18-12-8-13-19-33)27-53(66)46(72-48(64)34-20-14-9-15-21-34)44-51(6,45(62)43(69-30(2)57)40(29)50(53,4)5)36(26-37-52(44,28-67-37)73-31(3)58)71-39(60)23-22-38(59)55-68-25-24-56/h7-21,35-37,41-44,46,56,61,66H,22-28H2,1-6H3,(H,54,63)(H,55,59)/t35-,36-,37+,41-,42+,43+,44?,46-,51+,52-,53+/m0/s1. The second-order valence-corrected chi connectivity index (χ2v) is 19.4. The summed E-state index contributed by atoms with van der Waals surface area (Å²) in [4.78, 5) is 117. The minimum absolute atomic E-state index is 0.00174. The Hall–Kier alpha value is -6.84. The maximum atomic E-state index is 16.1. The summed E-state index contributed by atoms with van der Waals surface area (Å²) in [5.41, 5.74) is -5.84. The molecule has 0 radical (unpaired) electrons. The van der Waals surface area contributed by atoms with E-state index in [2.05, 4.69) is 10.8 Å². The number of carbonyl (C=O) groups excluding carboxylic acids is 8. The normalized spacial score (nSPS) is 28.6. The molecule has 11 atom stereocenters. The number of nitrogens with one attached hydrogen (secondary N) is 2. The summed E-state index contributed by atoms with van der Waals surface area (Å²) in [5.74, 6) is -9.17. The van der Waals surface area contributed by atoms with Gasteiger partial charge in [-0.1, -0.05) is 80.6 Å². The minimum Gasteiger partial charge on any atom is -0.461 e. The third-order valence-electron chi connectivity index (χ3n) is 14.7. The molecule has 20 nitrogen and oxygen atoms in total. The highest BCUT2D eigenvalue weighted by molar-refractivity contribution is 5.96. The van der Waals surface area contributed by atoms with Crippen molar-refractivity contribution in [3.8, 4) is 0 Å². The Bertz CT molecular complexity index is 2630. The molecule has 390 valence electrons. The molecule has 2 bridgehead atoms. The van der Waals surface area contributed by atoms with Crippen molar-refractivity contribution in [1.29, 1.82) is 0 Å².